The minimum absolute atomic E-state index is 0.830. The van der Waals surface area contributed by atoms with Crippen LogP contribution < -0.4 is 4.74 Å². The molecule has 1 nitrogen and oxygen atoms in total. The Labute approximate surface area is 103 Å². The normalized spacial score (nSPS) is 13.6. The number of hydrogen-bond acceptors (Lipinski definition) is 3. The lowest BCUT2D eigenvalue weighted by atomic mass is 10.2. The van der Waals surface area contributed by atoms with Crippen molar-refractivity contribution in [1.82, 2.24) is 0 Å². The van der Waals surface area contributed by atoms with Gasteiger partial charge >= 0.3 is 0 Å². The molecule has 0 atom stereocenters. The van der Waals surface area contributed by atoms with Gasteiger partial charge in [-0.1, -0.05) is 23.9 Å². The minimum Gasteiger partial charge on any atom is -0.492 e. The summed E-state index contributed by atoms with van der Waals surface area (Å²) in [5, 5.41) is 0. The highest BCUT2D eigenvalue weighted by molar-refractivity contribution is 8.01. The van der Waals surface area contributed by atoms with Crippen LogP contribution in [0.3, 0.4) is 0 Å². The van der Waals surface area contributed by atoms with Crippen molar-refractivity contribution in [3.05, 3.63) is 40.8 Å². The van der Waals surface area contributed by atoms with Crippen LogP contribution in [0.2, 0.25) is 0 Å². The quantitative estimate of drug-likeness (QED) is 0.790. The van der Waals surface area contributed by atoms with E-state index >= 15 is 0 Å². The van der Waals surface area contributed by atoms with Gasteiger partial charge < -0.3 is 4.74 Å². The molecule has 0 amide bonds. The predicted octanol–water partition coefficient (Wildman–Crippen LogP) is 4.14. The summed E-state index contributed by atoms with van der Waals surface area (Å²) < 4.78 is 7.03. The van der Waals surface area contributed by atoms with Crippen molar-refractivity contribution >= 4 is 23.1 Å². The van der Waals surface area contributed by atoms with Crippen LogP contribution in [0.4, 0.5) is 0 Å². The van der Waals surface area contributed by atoms with E-state index in [0.717, 1.165) is 18.8 Å². The molecule has 2 aromatic rings. The first-order valence-corrected chi connectivity index (χ1v) is 6.95. The number of aryl methyl sites for hydroxylation is 1. The van der Waals surface area contributed by atoms with E-state index in [1.165, 1.54) is 19.5 Å². The molecule has 82 valence electrons. The summed E-state index contributed by atoms with van der Waals surface area (Å²) >= 11 is 3.64. The summed E-state index contributed by atoms with van der Waals surface area (Å²) in [6.45, 7) is 2.97. The molecule has 1 aliphatic heterocycles. The maximum absolute atomic E-state index is 5.69. The third-order valence-corrected chi connectivity index (χ3v) is 4.78. The second-order valence-corrected chi connectivity index (χ2v) is 6.44. The van der Waals surface area contributed by atoms with Gasteiger partial charge in [-0.25, -0.2) is 0 Å². The molecule has 0 saturated carbocycles. The lowest BCUT2D eigenvalue weighted by molar-refractivity contribution is 0.349. The van der Waals surface area contributed by atoms with E-state index in [-0.39, 0.29) is 0 Å². The molecular formula is C13H12OS2. The van der Waals surface area contributed by atoms with Crippen molar-refractivity contribution < 1.29 is 4.74 Å². The lowest BCUT2D eigenvalue weighted by Crippen LogP contribution is -1.87. The number of benzene rings is 1. The molecular weight excluding hydrogens is 236 g/mol. The van der Waals surface area contributed by atoms with Gasteiger partial charge in [-0.2, -0.15) is 0 Å². The highest BCUT2D eigenvalue weighted by Gasteiger charge is 2.16. The van der Waals surface area contributed by atoms with E-state index in [0.29, 0.717) is 0 Å². The Kier molecular flexibility index (Phi) is 2.65. The van der Waals surface area contributed by atoms with Crippen LogP contribution in [-0.4, -0.2) is 6.61 Å². The second kappa shape index (κ2) is 4.15. The molecule has 3 heteroatoms. The van der Waals surface area contributed by atoms with Crippen LogP contribution in [-0.2, 0) is 6.42 Å². The molecule has 0 fully saturated rings. The Morgan fingerprint density at radius 2 is 2.19 bits per heavy atom. The zero-order valence-electron chi connectivity index (χ0n) is 9.03. The van der Waals surface area contributed by atoms with E-state index in [9.17, 15) is 0 Å². The van der Waals surface area contributed by atoms with Crippen molar-refractivity contribution in [3.8, 4) is 5.75 Å². The minimum atomic E-state index is 0.830. The lowest BCUT2D eigenvalue weighted by Gasteiger charge is -2.05. The smallest absolute Gasteiger partial charge is 0.136 e. The standard InChI is InChI=1S/C13H12OS2/c1-9-5-6-12(15-9)16-11-4-2-3-10-7-8-14-13(10)11/h2-6H,7-8H2,1H3. The van der Waals surface area contributed by atoms with Gasteiger partial charge in [0.1, 0.15) is 5.75 Å². The van der Waals surface area contributed by atoms with E-state index in [4.69, 9.17) is 4.74 Å². The second-order valence-electron chi connectivity index (χ2n) is 3.81. The predicted molar refractivity (Wildman–Crippen MR) is 68.8 cm³/mol. The number of fused-ring (bicyclic) bond motifs is 1. The molecule has 1 aliphatic rings. The SMILES string of the molecule is Cc1ccc(Sc2cccc3c2OCC3)s1. The van der Waals surface area contributed by atoms with Gasteiger partial charge in [0.25, 0.3) is 0 Å². The molecule has 3 rings (SSSR count). The highest BCUT2D eigenvalue weighted by Crippen LogP contribution is 2.41. The maximum atomic E-state index is 5.69. The third-order valence-electron chi connectivity index (χ3n) is 2.60. The molecule has 0 aliphatic carbocycles. The summed E-state index contributed by atoms with van der Waals surface area (Å²) in [7, 11) is 0. The molecule has 0 bridgehead atoms. The summed E-state index contributed by atoms with van der Waals surface area (Å²) in [6, 6.07) is 10.8. The molecule has 0 spiro atoms. The Hall–Kier alpha value is -0.930. The van der Waals surface area contributed by atoms with E-state index in [2.05, 4.69) is 37.3 Å². The number of hydrogen-bond donors (Lipinski definition) is 0. The van der Waals surface area contributed by atoms with Gasteiger partial charge in [-0.15, -0.1) is 11.3 Å². The zero-order valence-corrected chi connectivity index (χ0v) is 10.7. The van der Waals surface area contributed by atoms with Gasteiger partial charge in [0.15, 0.2) is 0 Å². The molecule has 0 radical (unpaired) electrons. The number of thiophene rings is 1. The Bertz CT molecular complexity index is 516. The summed E-state index contributed by atoms with van der Waals surface area (Å²) in [4.78, 5) is 2.60. The van der Waals surface area contributed by atoms with Crippen LogP contribution in [0.25, 0.3) is 0 Å². The molecule has 0 saturated heterocycles. The van der Waals surface area contributed by atoms with Crippen LogP contribution in [0.1, 0.15) is 10.4 Å². The molecule has 2 heterocycles. The summed E-state index contributed by atoms with van der Waals surface area (Å²) in [6.07, 6.45) is 1.05. The van der Waals surface area contributed by atoms with E-state index in [1.54, 1.807) is 0 Å². The van der Waals surface area contributed by atoms with Crippen LogP contribution in [0, 0.1) is 6.92 Å². The number of rotatable bonds is 2. The van der Waals surface area contributed by atoms with Gasteiger partial charge in [-0.3, -0.25) is 0 Å². The fourth-order valence-electron chi connectivity index (χ4n) is 1.84. The van der Waals surface area contributed by atoms with Gasteiger partial charge in [0, 0.05) is 11.3 Å². The Balaban J connectivity index is 1.93. The Morgan fingerprint density at radius 3 is 3.00 bits per heavy atom. The van der Waals surface area contributed by atoms with E-state index < -0.39 is 0 Å². The third kappa shape index (κ3) is 1.85. The maximum Gasteiger partial charge on any atom is 0.136 e. The highest BCUT2D eigenvalue weighted by atomic mass is 32.2. The number of para-hydroxylation sites is 1. The summed E-state index contributed by atoms with van der Waals surface area (Å²) in [5.74, 6) is 1.10. The average Bonchev–Trinajstić information content (AvgIpc) is 2.87. The van der Waals surface area contributed by atoms with Crippen LogP contribution in [0.5, 0.6) is 5.75 Å². The van der Waals surface area contributed by atoms with Crippen molar-refractivity contribution in [3.63, 3.8) is 0 Å². The van der Waals surface area contributed by atoms with Gasteiger partial charge in [-0.05, 0) is 30.7 Å². The van der Waals surface area contributed by atoms with Crippen LogP contribution >= 0.6 is 23.1 Å². The van der Waals surface area contributed by atoms with Crippen molar-refractivity contribution in [2.75, 3.05) is 6.61 Å². The summed E-state index contributed by atoms with van der Waals surface area (Å²) in [5.41, 5.74) is 1.35. The Morgan fingerprint density at radius 1 is 1.25 bits per heavy atom. The molecule has 0 N–H and O–H groups in total. The fraction of sp³-hybridized carbons (Fsp3) is 0.231. The first-order valence-electron chi connectivity index (χ1n) is 5.32. The number of ether oxygens (including phenoxy) is 1. The van der Waals surface area contributed by atoms with Crippen molar-refractivity contribution in [2.45, 2.75) is 22.4 Å². The molecule has 0 unspecified atom stereocenters. The first kappa shape index (κ1) is 10.2. The fourth-order valence-corrected chi connectivity index (χ4v) is 4.04. The van der Waals surface area contributed by atoms with Gasteiger partial charge in [0.05, 0.1) is 15.7 Å². The topological polar surface area (TPSA) is 9.23 Å². The largest absolute Gasteiger partial charge is 0.492 e. The first-order chi connectivity index (χ1) is 7.83. The monoisotopic (exact) mass is 248 g/mol. The van der Waals surface area contributed by atoms with E-state index in [1.807, 2.05) is 23.1 Å². The molecule has 1 aromatic carbocycles. The molecule has 16 heavy (non-hydrogen) atoms. The van der Waals surface area contributed by atoms with Gasteiger partial charge in [0.2, 0.25) is 0 Å². The van der Waals surface area contributed by atoms with Crippen molar-refractivity contribution in [2.24, 2.45) is 0 Å². The van der Waals surface area contributed by atoms with Crippen molar-refractivity contribution in [1.29, 1.82) is 0 Å². The zero-order chi connectivity index (χ0) is 11.0. The molecule has 1 aromatic heterocycles. The average molecular weight is 248 g/mol. The van der Waals surface area contributed by atoms with Crippen LogP contribution in [0.15, 0.2) is 39.4 Å².